The van der Waals surface area contributed by atoms with Gasteiger partial charge in [-0.2, -0.15) is 5.26 Å². The van der Waals surface area contributed by atoms with E-state index >= 15 is 0 Å². The van der Waals surface area contributed by atoms with E-state index in [1.54, 1.807) is 0 Å². The Balaban J connectivity index is 1.82. The summed E-state index contributed by atoms with van der Waals surface area (Å²) in [5.74, 6) is 0. The first kappa shape index (κ1) is 17.7. The van der Waals surface area contributed by atoms with Crippen LogP contribution in [0.3, 0.4) is 0 Å². The molecule has 1 aliphatic heterocycles. The minimum atomic E-state index is 0.728. The summed E-state index contributed by atoms with van der Waals surface area (Å²) in [5, 5.41) is 13.2. The molecular formula is C22H22N4S. The predicted molar refractivity (Wildman–Crippen MR) is 111 cm³/mol. The molecule has 136 valence electrons. The Morgan fingerprint density at radius 3 is 2.67 bits per heavy atom. The number of hydrogen-bond donors (Lipinski definition) is 1. The molecule has 5 heteroatoms. The average molecular weight is 375 g/mol. The number of thiocarbonyl (C=S) groups is 1. The van der Waals surface area contributed by atoms with Gasteiger partial charge in [0.2, 0.25) is 0 Å². The van der Waals surface area contributed by atoms with Gasteiger partial charge in [0.25, 0.3) is 0 Å². The molecule has 2 aliphatic rings. The van der Waals surface area contributed by atoms with Crippen LogP contribution >= 0.6 is 12.2 Å². The van der Waals surface area contributed by atoms with Crippen molar-refractivity contribution in [3.8, 4) is 6.07 Å². The van der Waals surface area contributed by atoms with E-state index in [9.17, 15) is 5.26 Å². The minimum absolute atomic E-state index is 0.728. The molecule has 1 aromatic heterocycles. The second-order valence-corrected chi connectivity index (χ2v) is 7.40. The van der Waals surface area contributed by atoms with E-state index in [-0.39, 0.29) is 0 Å². The third kappa shape index (κ3) is 3.33. The number of fused-ring (bicyclic) bond motifs is 2. The Kier molecular flexibility index (Phi) is 4.91. The van der Waals surface area contributed by atoms with Crippen molar-refractivity contribution >= 4 is 22.9 Å². The zero-order valence-corrected chi connectivity index (χ0v) is 16.3. The van der Waals surface area contributed by atoms with Gasteiger partial charge in [0.1, 0.15) is 0 Å². The molecule has 4 nitrogen and oxygen atoms in total. The summed E-state index contributed by atoms with van der Waals surface area (Å²) in [4.78, 5) is 7.00. The van der Waals surface area contributed by atoms with Crippen LogP contribution < -0.4 is 5.32 Å². The zero-order valence-electron chi connectivity index (χ0n) is 15.5. The predicted octanol–water partition coefficient (Wildman–Crippen LogP) is 3.45. The van der Waals surface area contributed by atoms with Crippen LogP contribution in [0.5, 0.6) is 0 Å². The van der Waals surface area contributed by atoms with Gasteiger partial charge in [0.15, 0.2) is 5.11 Å². The monoisotopic (exact) mass is 374 g/mol. The number of benzene rings is 1. The van der Waals surface area contributed by atoms with Gasteiger partial charge in [-0.25, -0.2) is 0 Å². The minimum Gasteiger partial charge on any atom is -0.366 e. The summed E-state index contributed by atoms with van der Waals surface area (Å²) in [6.45, 7) is 1.85. The van der Waals surface area contributed by atoms with Crippen LogP contribution in [0.15, 0.2) is 42.1 Å². The average Bonchev–Trinajstić information content (AvgIpc) is 2.89. The molecule has 1 aliphatic carbocycles. The highest BCUT2D eigenvalue weighted by Gasteiger charge is 2.25. The maximum absolute atomic E-state index is 9.30. The Bertz CT molecular complexity index is 961. The van der Waals surface area contributed by atoms with E-state index in [2.05, 4.69) is 28.4 Å². The summed E-state index contributed by atoms with van der Waals surface area (Å²) in [7, 11) is 1.88. The van der Waals surface area contributed by atoms with E-state index in [0.717, 1.165) is 55.1 Å². The highest BCUT2D eigenvalue weighted by molar-refractivity contribution is 7.80. The standard InChI is InChI=1S/C22H22N4S/c1-24-22(27)26-11-8-16(9-12-26)20-19-7-4-15(14-23)13-18(19)6-5-17-3-2-10-25-21(17)20/h2-4,7,10,13H,5-6,8-9,11-12H2,1H3,(H,24,27). The molecule has 0 amide bonds. The molecule has 1 fully saturated rings. The Morgan fingerprint density at radius 1 is 1.15 bits per heavy atom. The normalized spacial score (nSPS) is 16.1. The molecule has 0 bridgehead atoms. The van der Waals surface area contributed by atoms with Gasteiger partial charge in [-0.05, 0) is 72.8 Å². The lowest BCUT2D eigenvalue weighted by molar-refractivity contribution is 0.385. The van der Waals surface area contributed by atoms with E-state index in [1.807, 2.05) is 31.4 Å². The van der Waals surface area contributed by atoms with Crippen molar-refractivity contribution in [2.45, 2.75) is 25.7 Å². The summed E-state index contributed by atoms with van der Waals surface area (Å²) in [5.41, 5.74) is 8.35. The smallest absolute Gasteiger partial charge is 0.168 e. The number of aryl methyl sites for hydroxylation is 2. The summed E-state index contributed by atoms with van der Waals surface area (Å²) in [6, 6.07) is 12.6. The lowest BCUT2D eigenvalue weighted by Crippen LogP contribution is -2.41. The molecule has 27 heavy (non-hydrogen) atoms. The molecule has 0 radical (unpaired) electrons. The maximum Gasteiger partial charge on any atom is 0.168 e. The Morgan fingerprint density at radius 2 is 1.93 bits per heavy atom. The first-order valence-corrected chi connectivity index (χ1v) is 9.78. The SMILES string of the molecule is CNC(=S)N1CCC(=C2c3ccc(C#N)cc3CCc3cccnc32)CC1. The molecule has 1 saturated heterocycles. The number of nitrogens with one attached hydrogen (secondary N) is 1. The quantitative estimate of drug-likeness (QED) is 0.716. The van der Waals surface area contributed by atoms with Crippen molar-refractivity contribution in [1.29, 1.82) is 5.26 Å². The van der Waals surface area contributed by atoms with Gasteiger partial charge in [0, 0.05) is 31.9 Å². The van der Waals surface area contributed by atoms with Gasteiger partial charge in [-0.3, -0.25) is 4.98 Å². The van der Waals surface area contributed by atoms with Crippen molar-refractivity contribution in [2.24, 2.45) is 0 Å². The van der Waals surface area contributed by atoms with Crippen molar-refractivity contribution in [3.63, 3.8) is 0 Å². The fourth-order valence-corrected chi connectivity index (χ4v) is 4.30. The first-order valence-electron chi connectivity index (χ1n) is 9.37. The van der Waals surface area contributed by atoms with Crippen LogP contribution in [0.25, 0.3) is 5.57 Å². The number of hydrogen-bond acceptors (Lipinski definition) is 3. The number of nitriles is 1. The van der Waals surface area contributed by atoms with E-state index in [0.29, 0.717) is 0 Å². The fourth-order valence-electron chi connectivity index (χ4n) is 4.12. The highest BCUT2D eigenvalue weighted by Crippen LogP contribution is 2.37. The molecule has 0 atom stereocenters. The third-order valence-corrected chi connectivity index (χ3v) is 5.98. The molecular weight excluding hydrogens is 352 g/mol. The van der Waals surface area contributed by atoms with Crippen LogP contribution in [0.2, 0.25) is 0 Å². The second-order valence-electron chi connectivity index (χ2n) is 7.02. The molecule has 2 aromatic rings. The van der Waals surface area contributed by atoms with Crippen molar-refractivity contribution in [2.75, 3.05) is 20.1 Å². The molecule has 4 rings (SSSR count). The number of likely N-dealkylation sites (tertiary alicyclic amines) is 1. The molecule has 0 saturated carbocycles. The number of pyridine rings is 1. The lowest BCUT2D eigenvalue weighted by Gasteiger charge is -2.31. The van der Waals surface area contributed by atoms with E-state index in [1.165, 1.54) is 27.8 Å². The van der Waals surface area contributed by atoms with Crippen LogP contribution in [0, 0.1) is 11.3 Å². The number of aromatic nitrogens is 1. The molecule has 0 unspecified atom stereocenters. The van der Waals surface area contributed by atoms with E-state index < -0.39 is 0 Å². The summed E-state index contributed by atoms with van der Waals surface area (Å²) >= 11 is 5.40. The largest absolute Gasteiger partial charge is 0.366 e. The topological polar surface area (TPSA) is 52.0 Å². The van der Waals surface area contributed by atoms with Crippen molar-refractivity contribution in [3.05, 3.63) is 70.0 Å². The Labute approximate surface area is 165 Å². The Hall–Kier alpha value is -2.71. The van der Waals surface area contributed by atoms with Crippen LogP contribution in [0.1, 0.15) is 40.8 Å². The van der Waals surface area contributed by atoms with Gasteiger partial charge < -0.3 is 10.2 Å². The van der Waals surface area contributed by atoms with E-state index in [4.69, 9.17) is 17.2 Å². The second kappa shape index (κ2) is 7.50. The summed E-state index contributed by atoms with van der Waals surface area (Å²) < 4.78 is 0. The number of piperidine rings is 1. The van der Waals surface area contributed by atoms with Gasteiger partial charge >= 0.3 is 0 Å². The molecule has 2 heterocycles. The lowest BCUT2D eigenvalue weighted by atomic mass is 9.88. The van der Waals surface area contributed by atoms with Crippen LogP contribution in [-0.4, -0.2) is 35.1 Å². The van der Waals surface area contributed by atoms with Gasteiger partial charge in [-0.15, -0.1) is 0 Å². The zero-order chi connectivity index (χ0) is 18.8. The molecule has 1 aromatic carbocycles. The van der Waals surface area contributed by atoms with Gasteiger partial charge in [-0.1, -0.05) is 17.7 Å². The summed E-state index contributed by atoms with van der Waals surface area (Å²) in [6.07, 6.45) is 5.74. The number of rotatable bonds is 0. The van der Waals surface area contributed by atoms with Crippen molar-refractivity contribution < 1.29 is 0 Å². The highest BCUT2D eigenvalue weighted by atomic mass is 32.1. The van der Waals surface area contributed by atoms with Crippen molar-refractivity contribution in [1.82, 2.24) is 15.2 Å². The molecule has 0 spiro atoms. The number of nitrogens with zero attached hydrogens (tertiary/aromatic N) is 3. The van der Waals surface area contributed by atoms with Crippen LogP contribution in [-0.2, 0) is 12.8 Å². The third-order valence-electron chi connectivity index (χ3n) is 5.52. The fraction of sp³-hybridized carbons (Fsp3) is 0.318. The maximum atomic E-state index is 9.30. The first-order chi connectivity index (χ1) is 13.2. The molecule has 1 N–H and O–H groups in total. The van der Waals surface area contributed by atoms with Crippen LogP contribution in [0.4, 0.5) is 0 Å². The van der Waals surface area contributed by atoms with Gasteiger partial charge in [0.05, 0.1) is 17.3 Å².